The third kappa shape index (κ3) is 4.47. The van der Waals surface area contributed by atoms with Gasteiger partial charge in [-0.1, -0.05) is 30.3 Å². The first-order valence-corrected chi connectivity index (χ1v) is 10.2. The third-order valence-corrected chi connectivity index (χ3v) is 6.21. The number of nitrogens with one attached hydrogen (secondary N) is 1. The number of amides is 1. The Bertz CT molecular complexity index is 1040. The lowest BCUT2D eigenvalue weighted by Crippen LogP contribution is -2.27. The number of hydrogen-bond donors (Lipinski definition) is 1. The van der Waals surface area contributed by atoms with E-state index in [4.69, 9.17) is 0 Å². The normalized spacial score (nSPS) is 11.5. The quantitative estimate of drug-likeness (QED) is 0.661. The fourth-order valence-electron chi connectivity index (χ4n) is 2.72. The molecule has 3 aromatic rings. The number of aromatic nitrogens is 2. The van der Waals surface area contributed by atoms with Gasteiger partial charge in [0.25, 0.3) is 5.91 Å². The smallest absolute Gasteiger partial charge is 0.251 e. The molecule has 0 aliphatic rings. The fraction of sp³-hybridized carbons (Fsp3) is 0.200. The molecule has 3 rings (SSSR count). The molecule has 1 N–H and O–H groups in total. The highest BCUT2D eigenvalue weighted by Crippen LogP contribution is 2.18. The van der Waals surface area contributed by atoms with Crippen molar-refractivity contribution in [1.82, 2.24) is 19.4 Å². The summed E-state index contributed by atoms with van der Waals surface area (Å²) < 4.78 is 27.8. The molecule has 2 aromatic carbocycles. The number of benzene rings is 2. The number of sulfonamides is 1. The second-order valence-electron chi connectivity index (χ2n) is 6.48. The Kier molecular flexibility index (Phi) is 5.91. The van der Waals surface area contributed by atoms with Gasteiger partial charge in [0.15, 0.2) is 0 Å². The van der Waals surface area contributed by atoms with Gasteiger partial charge in [-0.15, -0.1) is 0 Å². The summed E-state index contributed by atoms with van der Waals surface area (Å²) in [7, 11) is -0.614. The van der Waals surface area contributed by atoms with Gasteiger partial charge in [-0.05, 0) is 35.4 Å². The van der Waals surface area contributed by atoms with Crippen LogP contribution in [0.1, 0.15) is 21.5 Å². The molecule has 0 saturated carbocycles. The number of rotatable bonds is 7. The van der Waals surface area contributed by atoms with Crippen LogP contribution >= 0.6 is 0 Å². The Balaban J connectivity index is 1.68. The van der Waals surface area contributed by atoms with Gasteiger partial charge in [0.1, 0.15) is 0 Å². The van der Waals surface area contributed by atoms with E-state index < -0.39 is 10.0 Å². The monoisotopic (exact) mass is 398 g/mol. The largest absolute Gasteiger partial charge is 0.348 e. The number of carbonyl (C=O) groups is 1. The van der Waals surface area contributed by atoms with Crippen LogP contribution in [-0.4, -0.2) is 42.5 Å². The van der Waals surface area contributed by atoms with Gasteiger partial charge in [-0.25, -0.2) is 12.7 Å². The van der Waals surface area contributed by atoms with Crippen LogP contribution in [0.3, 0.4) is 0 Å². The Hall–Kier alpha value is -2.97. The zero-order valence-corrected chi connectivity index (χ0v) is 16.6. The van der Waals surface area contributed by atoms with Crippen molar-refractivity contribution in [2.45, 2.75) is 18.0 Å². The van der Waals surface area contributed by atoms with Gasteiger partial charge in [0.2, 0.25) is 10.0 Å². The SMILES string of the molecule is CN(C)S(=O)(=O)c1ccccc1CNC(=O)c1ccc(Cn2cccn2)cc1. The molecular weight excluding hydrogens is 376 g/mol. The Morgan fingerprint density at radius 3 is 2.43 bits per heavy atom. The van der Waals surface area contributed by atoms with Crippen LogP contribution in [0.25, 0.3) is 0 Å². The predicted octanol–water partition coefficient (Wildman–Crippen LogP) is 2.11. The van der Waals surface area contributed by atoms with E-state index in [2.05, 4.69) is 10.4 Å². The summed E-state index contributed by atoms with van der Waals surface area (Å²) in [6.07, 6.45) is 3.59. The summed E-state index contributed by atoms with van der Waals surface area (Å²) in [5.41, 5.74) is 2.08. The number of hydrogen-bond acceptors (Lipinski definition) is 4. The lowest BCUT2D eigenvalue weighted by molar-refractivity contribution is 0.0950. The van der Waals surface area contributed by atoms with Crippen LogP contribution in [-0.2, 0) is 23.1 Å². The molecule has 0 aliphatic carbocycles. The second kappa shape index (κ2) is 8.37. The topological polar surface area (TPSA) is 84.3 Å². The molecule has 146 valence electrons. The Labute approximate surface area is 164 Å². The lowest BCUT2D eigenvalue weighted by atomic mass is 10.1. The van der Waals surface area contributed by atoms with E-state index in [0.717, 1.165) is 9.87 Å². The molecule has 8 heteroatoms. The van der Waals surface area contributed by atoms with Gasteiger partial charge in [0.05, 0.1) is 11.4 Å². The van der Waals surface area contributed by atoms with Crippen molar-refractivity contribution in [2.24, 2.45) is 0 Å². The molecule has 0 aliphatic heterocycles. The molecule has 0 radical (unpaired) electrons. The second-order valence-corrected chi connectivity index (χ2v) is 8.60. The average Bonchev–Trinajstić information content (AvgIpc) is 3.20. The van der Waals surface area contributed by atoms with Crippen molar-refractivity contribution in [3.05, 3.63) is 83.7 Å². The van der Waals surface area contributed by atoms with E-state index in [-0.39, 0.29) is 17.3 Å². The third-order valence-electron chi connectivity index (χ3n) is 4.29. The molecular formula is C20H22N4O3S. The van der Waals surface area contributed by atoms with E-state index in [1.54, 1.807) is 47.3 Å². The lowest BCUT2D eigenvalue weighted by Gasteiger charge is -2.15. The van der Waals surface area contributed by atoms with Gasteiger partial charge in [-0.3, -0.25) is 9.48 Å². The van der Waals surface area contributed by atoms with Crippen molar-refractivity contribution < 1.29 is 13.2 Å². The molecule has 0 unspecified atom stereocenters. The van der Waals surface area contributed by atoms with E-state index in [0.29, 0.717) is 17.7 Å². The first-order chi connectivity index (χ1) is 13.4. The number of carbonyl (C=O) groups excluding carboxylic acids is 1. The molecule has 1 aromatic heterocycles. The molecule has 1 heterocycles. The van der Waals surface area contributed by atoms with Crippen molar-refractivity contribution >= 4 is 15.9 Å². The van der Waals surface area contributed by atoms with Crippen LogP contribution in [0.4, 0.5) is 0 Å². The summed E-state index contributed by atoms with van der Waals surface area (Å²) in [6, 6.07) is 15.8. The molecule has 1 amide bonds. The van der Waals surface area contributed by atoms with Gasteiger partial charge in [0, 0.05) is 38.6 Å². The van der Waals surface area contributed by atoms with Crippen LogP contribution in [0.2, 0.25) is 0 Å². The van der Waals surface area contributed by atoms with Crippen LogP contribution in [0, 0.1) is 0 Å². The molecule has 0 spiro atoms. The average molecular weight is 398 g/mol. The molecule has 0 saturated heterocycles. The maximum Gasteiger partial charge on any atom is 0.251 e. The van der Waals surface area contributed by atoms with Gasteiger partial charge < -0.3 is 5.32 Å². The van der Waals surface area contributed by atoms with E-state index in [1.807, 2.05) is 24.4 Å². The first kappa shape index (κ1) is 19.8. The standard InChI is InChI=1S/C20H22N4O3S/c1-23(2)28(26,27)19-7-4-3-6-18(19)14-21-20(25)17-10-8-16(9-11-17)15-24-13-5-12-22-24/h3-13H,14-15H2,1-2H3,(H,21,25). The van der Waals surface area contributed by atoms with Crippen molar-refractivity contribution in [3.8, 4) is 0 Å². The van der Waals surface area contributed by atoms with Crippen LogP contribution < -0.4 is 5.32 Å². The van der Waals surface area contributed by atoms with E-state index in [9.17, 15) is 13.2 Å². The van der Waals surface area contributed by atoms with Crippen molar-refractivity contribution in [2.75, 3.05) is 14.1 Å². The van der Waals surface area contributed by atoms with Gasteiger partial charge >= 0.3 is 0 Å². The number of nitrogens with zero attached hydrogens (tertiary/aromatic N) is 3. The maximum absolute atomic E-state index is 12.5. The summed E-state index contributed by atoms with van der Waals surface area (Å²) in [5, 5.41) is 6.95. The highest BCUT2D eigenvalue weighted by Gasteiger charge is 2.20. The highest BCUT2D eigenvalue weighted by molar-refractivity contribution is 7.89. The predicted molar refractivity (Wildman–Crippen MR) is 106 cm³/mol. The Morgan fingerprint density at radius 1 is 1.07 bits per heavy atom. The summed E-state index contributed by atoms with van der Waals surface area (Å²) in [6.45, 7) is 0.752. The molecule has 0 fully saturated rings. The zero-order chi connectivity index (χ0) is 20.1. The van der Waals surface area contributed by atoms with Crippen molar-refractivity contribution in [1.29, 1.82) is 0 Å². The van der Waals surface area contributed by atoms with Crippen molar-refractivity contribution in [3.63, 3.8) is 0 Å². The minimum Gasteiger partial charge on any atom is -0.348 e. The van der Waals surface area contributed by atoms with Crippen LogP contribution in [0.15, 0.2) is 71.9 Å². The minimum atomic E-state index is -3.58. The highest BCUT2D eigenvalue weighted by atomic mass is 32.2. The first-order valence-electron chi connectivity index (χ1n) is 8.73. The Morgan fingerprint density at radius 2 is 1.79 bits per heavy atom. The summed E-state index contributed by atoms with van der Waals surface area (Å²) in [4.78, 5) is 12.6. The summed E-state index contributed by atoms with van der Waals surface area (Å²) >= 11 is 0. The molecule has 7 nitrogen and oxygen atoms in total. The minimum absolute atomic E-state index is 0.122. The van der Waals surface area contributed by atoms with E-state index in [1.165, 1.54) is 14.1 Å². The molecule has 0 bridgehead atoms. The molecule has 28 heavy (non-hydrogen) atoms. The van der Waals surface area contributed by atoms with E-state index >= 15 is 0 Å². The van der Waals surface area contributed by atoms with Crippen LogP contribution in [0.5, 0.6) is 0 Å². The fourth-order valence-corrected chi connectivity index (χ4v) is 3.83. The maximum atomic E-state index is 12.5. The molecule has 0 atom stereocenters. The summed E-state index contributed by atoms with van der Waals surface area (Å²) in [5.74, 6) is -0.261. The van der Waals surface area contributed by atoms with Gasteiger partial charge in [-0.2, -0.15) is 5.10 Å². The zero-order valence-electron chi connectivity index (χ0n) is 15.7.